The largest absolute Gasteiger partial charge is 0.395 e. The van der Waals surface area contributed by atoms with E-state index in [9.17, 15) is 5.11 Å². The Labute approximate surface area is 111 Å². The number of nitrogens with one attached hydrogen (secondary N) is 1. The van der Waals surface area contributed by atoms with Gasteiger partial charge < -0.3 is 10.4 Å². The van der Waals surface area contributed by atoms with Crippen LogP contribution in [-0.4, -0.2) is 17.8 Å². The molecule has 102 valence electrons. The molecule has 0 aliphatic rings. The van der Waals surface area contributed by atoms with Crippen molar-refractivity contribution in [1.29, 1.82) is 0 Å². The van der Waals surface area contributed by atoms with Gasteiger partial charge in [-0.05, 0) is 55.4 Å². The van der Waals surface area contributed by atoms with Gasteiger partial charge in [0.1, 0.15) is 0 Å². The first-order chi connectivity index (χ1) is 8.43. The number of hydrogen-bond acceptors (Lipinski definition) is 2. The predicted molar refractivity (Wildman–Crippen MR) is 77.8 cm³/mol. The number of hydrogen-bond donors (Lipinski definition) is 2. The Morgan fingerprint density at radius 2 is 1.67 bits per heavy atom. The highest BCUT2D eigenvalue weighted by molar-refractivity contribution is 5.36. The summed E-state index contributed by atoms with van der Waals surface area (Å²) >= 11 is 0. The van der Waals surface area contributed by atoms with Crippen LogP contribution in [0.4, 0.5) is 0 Å². The zero-order chi connectivity index (χ0) is 13.7. The molecule has 1 aromatic carbocycles. The first kappa shape index (κ1) is 15.2. The molecule has 0 spiro atoms. The standard InChI is InChI=1S/C16H27NO/c1-11(2)6-16(10-18)17-9-15-8-13(4)12(3)7-14(15)5/h7-8,11,16-18H,6,9-10H2,1-5H3. The summed E-state index contributed by atoms with van der Waals surface area (Å²) in [7, 11) is 0. The van der Waals surface area contributed by atoms with Gasteiger partial charge in [0.15, 0.2) is 0 Å². The lowest BCUT2D eigenvalue weighted by molar-refractivity contribution is 0.223. The summed E-state index contributed by atoms with van der Waals surface area (Å²) in [5.74, 6) is 0.607. The zero-order valence-electron chi connectivity index (χ0n) is 12.4. The number of benzene rings is 1. The van der Waals surface area contributed by atoms with E-state index in [2.05, 4.69) is 52.1 Å². The average Bonchev–Trinajstić information content (AvgIpc) is 2.29. The Hall–Kier alpha value is -0.860. The highest BCUT2D eigenvalue weighted by Crippen LogP contribution is 2.15. The third-order valence-electron chi connectivity index (χ3n) is 3.51. The Balaban J connectivity index is 2.65. The average molecular weight is 249 g/mol. The van der Waals surface area contributed by atoms with E-state index in [0.717, 1.165) is 13.0 Å². The highest BCUT2D eigenvalue weighted by atomic mass is 16.3. The van der Waals surface area contributed by atoms with Gasteiger partial charge >= 0.3 is 0 Å². The summed E-state index contributed by atoms with van der Waals surface area (Å²) in [5, 5.41) is 12.8. The van der Waals surface area contributed by atoms with Gasteiger partial charge in [-0.3, -0.25) is 0 Å². The summed E-state index contributed by atoms with van der Waals surface area (Å²) in [6.07, 6.45) is 1.01. The van der Waals surface area contributed by atoms with Crippen molar-refractivity contribution in [2.45, 2.75) is 53.6 Å². The molecule has 0 aliphatic heterocycles. The van der Waals surface area contributed by atoms with Crippen LogP contribution in [0.2, 0.25) is 0 Å². The molecule has 0 aliphatic carbocycles. The maximum Gasteiger partial charge on any atom is 0.0584 e. The molecule has 0 amide bonds. The molecule has 0 bridgehead atoms. The first-order valence-corrected chi connectivity index (χ1v) is 6.85. The number of rotatable bonds is 6. The van der Waals surface area contributed by atoms with Crippen LogP contribution in [0.1, 0.15) is 42.5 Å². The van der Waals surface area contributed by atoms with Crippen LogP contribution in [-0.2, 0) is 6.54 Å². The number of aliphatic hydroxyl groups excluding tert-OH is 1. The molecule has 0 fully saturated rings. The van der Waals surface area contributed by atoms with Crippen LogP contribution in [0.15, 0.2) is 12.1 Å². The normalized spacial score (nSPS) is 13.1. The first-order valence-electron chi connectivity index (χ1n) is 6.85. The van der Waals surface area contributed by atoms with E-state index in [4.69, 9.17) is 0 Å². The van der Waals surface area contributed by atoms with Gasteiger partial charge in [0.2, 0.25) is 0 Å². The van der Waals surface area contributed by atoms with Gasteiger partial charge in [-0.2, -0.15) is 0 Å². The molecule has 0 saturated carbocycles. The smallest absolute Gasteiger partial charge is 0.0584 e. The fraction of sp³-hybridized carbons (Fsp3) is 0.625. The molecule has 2 N–H and O–H groups in total. The second kappa shape index (κ2) is 6.91. The molecule has 0 aromatic heterocycles. The van der Waals surface area contributed by atoms with E-state index in [1.165, 1.54) is 22.3 Å². The number of aliphatic hydroxyl groups is 1. The van der Waals surface area contributed by atoms with Crippen molar-refractivity contribution in [3.63, 3.8) is 0 Å². The Bertz CT molecular complexity index is 385. The Kier molecular flexibility index (Phi) is 5.83. The molecule has 2 heteroatoms. The molecule has 0 radical (unpaired) electrons. The molecular weight excluding hydrogens is 222 g/mol. The van der Waals surface area contributed by atoms with Crippen LogP contribution in [0, 0.1) is 26.7 Å². The highest BCUT2D eigenvalue weighted by Gasteiger charge is 2.10. The molecule has 2 nitrogen and oxygen atoms in total. The van der Waals surface area contributed by atoms with Gasteiger partial charge in [-0.15, -0.1) is 0 Å². The summed E-state index contributed by atoms with van der Waals surface area (Å²) < 4.78 is 0. The fourth-order valence-electron chi connectivity index (χ4n) is 2.26. The SMILES string of the molecule is Cc1cc(C)c(CNC(CO)CC(C)C)cc1C. The molecule has 0 heterocycles. The van der Waals surface area contributed by atoms with Crippen molar-refractivity contribution < 1.29 is 5.11 Å². The molecule has 1 rings (SSSR count). The summed E-state index contributed by atoms with van der Waals surface area (Å²) in [6, 6.07) is 4.69. The molecule has 18 heavy (non-hydrogen) atoms. The molecular formula is C16H27NO. The molecule has 1 unspecified atom stereocenters. The van der Waals surface area contributed by atoms with E-state index in [1.807, 2.05) is 0 Å². The third-order valence-corrected chi connectivity index (χ3v) is 3.51. The summed E-state index contributed by atoms with van der Waals surface area (Å²) in [4.78, 5) is 0. The number of aryl methyl sites for hydroxylation is 3. The van der Waals surface area contributed by atoms with Crippen LogP contribution in [0.25, 0.3) is 0 Å². The molecule has 1 atom stereocenters. The van der Waals surface area contributed by atoms with E-state index in [0.29, 0.717) is 5.92 Å². The second-order valence-corrected chi connectivity index (χ2v) is 5.75. The monoisotopic (exact) mass is 249 g/mol. The van der Waals surface area contributed by atoms with Gasteiger partial charge in [-0.25, -0.2) is 0 Å². The van der Waals surface area contributed by atoms with E-state index in [1.54, 1.807) is 0 Å². The maximum atomic E-state index is 9.36. The Morgan fingerprint density at radius 3 is 2.22 bits per heavy atom. The predicted octanol–water partition coefficient (Wildman–Crippen LogP) is 3.11. The lowest BCUT2D eigenvalue weighted by Crippen LogP contribution is -2.33. The van der Waals surface area contributed by atoms with Gasteiger partial charge in [0.25, 0.3) is 0 Å². The maximum absolute atomic E-state index is 9.36. The topological polar surface area (TPSA) is 32.3 Å². The molecule has 0 saturated heterocycles. The van der Waals surface area contributed by atoms with Crippen LogP contribution >= 0.6 is 0 Å². The second-order valence-electron chi connectivity index (χ2n) is 5.75. The fourth-order valence-corrected chi connectivity index (χ4v) is 2.26. The minimum atomic E-state index is 0.200. The van der Waals surface area contributed by atoms with Crippen LogP contribution in [0.3, 0.4) is 0 Å². The summed E-state index contributed by atoms with van der Waals surface area (Å²) in [6.45, 7) is 11.9. The van der Waals surface area contributed by atoms with Crippen molar-refractivity contribution in [3.8, 4) is 0 Å². The van der Waals surface area contributed by atoms with Crippen molar-refractivity contribution in [2.24, 2.45) is 5.92 Å². The zero-order valence-corrected chi connectivity index (χ0v) is 12.4. The van der Waals surface area contributed by atoms with Crippen molar-refractivity contribution in [1.82, 2.24) is 5.32 Å². The van der Waals surface area contributed by atoms with Gasteiger partial charge in [0.05, 0.1) is 6.61 Å². The minimum absolute atomic E-state index is 0.200. The van der Waals surface area contributed by atoms with Crippen LogP contribution < -0.4 is 5.32 Å². The van der Waals surface area contributed by atoms with Crippen LogP contribution in [0.5, 0.6) is 0 Å². The minimum Gasteiger partial charge on any atom is -0.395 e. The van der Waals surface area contributed by atoms with Crippen molar-refractivity contribution in [2.75, 3.05) is 6.61 Å². The Morgan fingerprint density at radius 1 is 1.06 bits per heavy atom. The van der Waals surface area contributed by atoms with Gasteiger partial charge in [-0.1, -0.05) is 26.0 Å². The lowest BCUT2D eigenvalue weighted by Gasteiger charge is -2.19. The van der Waals surface area contributed by atoms with Crippen molar-refractivity contribution in [3.05, 3.63) is 34.4 Å². The lowest BCUT2D eigenvalue weighted by atomic mass is 10.00. The summed E-state index contributed by atoms with van der Waals surface area (Å²) in [5.41, 5.74) is 5.34. The third kappa shape index (κ3) is 4.43. The van der Waals surface area contributed by atoms with E-state index in [-0.39, 0.29) is 12.6 Å². The van der Waals surface area contributed by atoms with E-state index >= 15 is 0 Å². The van der Waals surface area contributed by atoms with Crippen molar-refractivity contribution >= 4 is 0 Å². The van der Waals surface area contributed by atoms with E-state index < -0.39 is 0 Å². The molecule has 1 aromatic rings. The quantitative estimate of drug-likeness (QED) is 0.812. The van der Waals surface area contributed by atoms with Gasteiger partial charge in [0, 0.05) is 12.6 Å².